The van der Waals surface area contributed by atoms with Crippen LogP contribution in [0.15, 0.2) is 51.0 Å². The van der Waals surface area contributed by atoms with Crippen LogP contribution in [-0.2, 0) is 0 Å². The molecule has 0 atom stereocenters. The normalized spacial score (nSPS) is 19.1. The molecule has 2 aliphatic heterocycles. The van der Waals surface area contributed by atoms with E-state index in [9.17, 15) is 0 Å². The number of nitrogens with zero attached hydrogens (tertiary/aromatic N) is 3. The van der Waals surface area contributed by atoms with Crippen LogP contribution in [-0.4, -0.2) is 23.6 Å². The van der Waals surface area contributed by atoms with Gasteiger partial charge in [0.15, 0.2) is 5.17 Å². The molecule has 2 heterocycles. The van der Waals surface area contributed by atoms with Crippen LogP contribution in [0.1, 0.15) is 6.42 Å². The predicted octanol–water partition coefficient (Wildman–Crippen LogP) is 2.09. The number of rotatable bonds is 2. The smallest absolute Gasteiger partial charge is 0.181 e. The van der Waals surface area contributed by atoms with E-state index in [4.69, 9.17) is 0 Å². The van der Waals surface area contributed by atoms with Crippen LogP contribution in [0.2, 0.25) is 0 Å². The molecule has 0 amide bonds. The van der Waals surface area contributed by atoms with Gasteiger partial charge in [-0.25, -0.2) is 0 Å². The first-order valence-corrected chi connectivity index (χ1v) is 5.80. The Bertz CT molecular complexity index is 429. The van der Waals surface area contributed by atoms with Gasteiger partial charge in [0.1, 0.15) is 0 Å². The summed E-state index contributed by atoms with van der Waals surface area (Å²) in [5, 5.41) is 6.82. The summed E-state index contributed by atoms with van der Waals surface area (Å²) in [6, 6.07) is 0. The van der Waals surface area contributed by atoms with Crippen LogP contribution in [0.4, 0.5) is 0 Å². The molecule has 5 heteroatoms. The Kier molecular flexibility index (Phi) is 3.71. The van der Waals surface area contributed by atoms with Crippen LogP contribution in [0.5, 0.6) is 0 Å². The molecule has 2 rings (SSSR count). The number of hydrogen-bond donors (Lipinski definition) is 1. The van der Waals surface area contributed by atoms with Crippen molar-refractivity contribution in [3.05, 3.63) is 35.9 Å². The van der Waals surface area contributed by atoms with Gasteiger partial charge in [-0.2, -0.15) is 5.10 Å². The predicted molar refractivity (Wildman–Crippen MR) is 71.0 cm³/mol. The fourth-order valence-electron chi connectivity index (χ4n) is 1.35. The van der Waals surface area contributed by atoms with E-state index < -0.39 is 0 Å². The van der Waals surface area contributed by atoms with Crippen molar-refractivity contribution >= 4 is 28.9 Å². The molecular formula is C11H12N4S. The minimum atomic E-state index is 0.608. The van der Waals surface area contributed by atoms with E-state index in [2.05, 4.69) is 27.1 Å². The first-order valence-electron chi connectivity index (χ1n) is 4.92. The molecule has 0 fully saturated rings. The highest BCUT2D eigenvalue weighted by Crippen LogP contribution is 2.12. The summed E-state index contributed by atoms with van der Waals surface area (Å²) in [5.74, 6) is 0. The van der Waals surface area contributed by atoms with Crippen LogP contribution in [0.25, 0.3) is 0 Å². The highest BCUT2D eigenvalue weighted by Gasteiger charge is 2.11. The van der Waals surface area contributed by atoms with Crippen molar-refractivity contribution < 1.29 is 0 Å². The van der Waals surface area contributed by atoms with Gasteiger partial charge in [0, 0.05) is 12.4 Å². The standard InChI is InChI=1S/C11H12N4S/c1-2-16-11-13-8-10(14-15-11)9-4-3-6-12-7-5-9/h2-3,5-7H,1,4,8H2,(H,13,15). The first-order chi connectivity index (χ1) is 7.90. The van der Waals surface area contributed by atoms with Gasteiger partial charge in [-0.15, -0.1) is 0 Å². The number of amidine groups is 1. The molecule has 1 N–H and O–H groups in total. The van der Waals surface area contributed by atoms with Crippen molar-refractivity contribution in [2.45, 2.75) is 6.42 Å². The van der Waals surface area contributed by atoms with Crippen LogP contribution < -0.4 is 5.43 Å². The van der Waals surface area contributed by atoms with E-state index >= 15 is 0 Å². The molecular weight excluding hydrogens is 220 g/mol. The molecule has 2 aliphatic rings. The number of hydrogen-bond acceptors (Lipinski definition) is 5. The van der Waals surface area contributed by atoms with Gasteiger partial charge < -0.3 is 0 Å². The maximum absolute atomic E-state index is 4.36. The zero-order valence-electron chi connectivity index (χ0n) is 8.76. The molecule has 4 nitrogen and oxygen atoms in total. The highest BCUT2D eigenvalue weighted by molar-refractivity contribution is 8.16. The second-order valence-electron chi connectivity index (χ2n) is 3.16. The van der Waals surface area contributed by atoms with Crippen LogP contribution in [0, 0.1) is 0 Å². The van der Waals surface area contributed by atoms with Crippen molar-refractivity contribution in [1.29, 1.82) is 0 Å². The summed E-state index contributed by atoms with van der Waals surface area (Å²) in [7, 11) is 0. The molecule has 82 valence electrons. The number of thioether (sulfide) groups is 1. The Morgan fingerprint density at radius 3 is 3.19 bits per heavy atom. The molecule has 0 aromatic carbocycles. The molecule has 0 aliphatic carbocycles. The lowest BCUT2D eigenvalue weighted by Crippen LogP contribution is -2.25. The van der Waals surface area contributed by atoms with Gasteiger partial charge in [-0.1, -0.05) is 24.4 Å². The molecule has 0 aromatic rings. The van der Waals surface area contributed by atoms with Crippen molar-refractivity contribution in [2.75, 3.05) is 6.54 Å². The van der Waals surface area contributed by atoms with Gasteiger partial charge >= 0.3 is 0 Å². The minimum absolute atomic E-state index is 0.608. The quantitative estimate of drug-likeness (QED) is 0.792. The average Bonchev–Trinajstić information content (AvgIpc) is 2.59. The van der Waals surface area contributed by atoms with E-state index in [1.54, 1.807) is 17.8 Å². The summed E-state index contributed by atoms with van der Waals surface area (Å²) in [5.41, 5.74) is 5.02. The van der Waals surface area contributed by atoms with Crippen molar-refractivity contribution in [3.63, 3.8) is 0 Å². The average molecular weight is 232 g/mol. The fraction of sp³-hybridized carbons (Fsp3) is 0.182. The summed E-state index contributed by atoms with van der Waals surface area (Å²) < 4.78 is 0. The lowest BCUT2D eigenvalue weighted by Gasteiger charge is -2.13. The Morgan fingerprint density at radius 1 is 1.50 bits per heavy atom. The number of hydrazone groups is 1. The topological polar surface area (TPSA) is 49.1 Å². The van der Waals surface area contributed by atoms with Crippen LogP contribution in [0.3, 0.4) is 0 Å². The third kappa shape index (κ3) is 2.70. The fourth-order valence-corrected chi connectivity index (χ4v) is 1.75. The van der Waals surface area contributed by atoms with Crippen LogP contribution >= 0.6 is 11.8 Å². The second-order valence-corrected chi connectivity index (χ2v) is 4.11. The largest absolute Gasteiger partial charge is 0.265 e. The van der Waals surface area contributed by atoms with E-state index in [1.165, 1.54) is 11.8 Å². The first kappa shape index (κ1) is 10.9. The summed E-state index contributed by atoms with van der Waals surface area (Å²) in [6.45, 7) is 4.24. The maximum Gasteiger partial charge on any atom is 0.181 e. The molecule has 0 saturated carbocycles. The third-order valence-corrected chi connectivity index (χ3v) is 2.73. The van der Waals surface area contributed by atoms with Gasteiger partial charge in [0.05, 0.1) is 12.3 Å². The van der Waals surface area contributed by atoms with Crippen molar-refractivity contribution in [1.82, 2.24) is 5.43 Å². The number of nitrogens with one attached hydrogen (secondary N) is 1. The lowest BCUT2D eigenvalue weighted by molar-refractivity contribution is 0.982. The molecule has 16 heavy (non-hydrogen) atoms. The molecule has 0 spiro atoms. The lowest BCUT2D eigenvalue weighted by atomic mass is 10.1. The van der Waals surface area contributed by atoms with E-state index in [0.29, 0.717) is 6.54 Å². The van der Waals surface area contributed by atoms with Gasteiger partial charge in [-0.3, -0.25) is 15.4 Å². The van der Waals surface area contributed by atoms with Gasteiger partial charge in [0.2, 0.25) is 0 Å². The van der Waals surface area contributed by atoms with E-state index in [0.717, 1.165) is 22.9 Å². The monoisotopic (exact) mass is 232 g/mol. The minimum Gasteiger partial charge on any atom is -0.265 e. The van der Waals surface area contributed by atoms with Gasteiger partial charge in [0.25, 0.3) is 0 Å². The van der Waals surface area contributed by atoms with E-state index in [1.807, 2.05) is 12.2 Å². The Labute approximate surface area is 98.6 Å². The number of aliphatic imine (C=N–C) groups is 2. The molecule has 0 bridgehead atoms. The Balaban J connectivity index is 2.03. The second kappa shape index (κ2) is 5.46. The summed E-state index contributed by atoms with van der Waals surface area (Å²) in [6.07, 6.45) is 8.40. The summed E-state index contributed by atoms with van der Waals surface area (Å²) >= 11 is 1.44. The highest BCUT2D eigenvalue weighted by atomic mass is 32.2. The zero-order chi connectivity index (χ0) is 11.2. The van der Waals surface area contributed by atoms with Gasteiger partial charge in [-0.05, 0) is 23.5 Å². The summed E-state index contributed by atoms with van der Waals surface area (Å²) in [4.78, 5) is 8.41. The Morgan fingerprint density at radius 2 is 2.44 bits per heavy atom. The molecule has 0 radical (unpaired) electrons. The van der Waals surface area contributed by atoms with E-state index in [-0.39, 0.29) is 0 Å². The SMILES string of the molecule is C=CSC1=NCC(C2=CC=NC=CC2)=NN1. The van der Waals surface area contributed by atoms with Crippen molar-refractivity contribution in [3.8, 4) is 0 Å². The Hall–Kier alpha value is -1.62. The molecule has 0 saturated heterocycles. The number of allylic oxidation sites excluding steroid dienone is 2. The third-order valence-electron chi connectivity index (χ3n) is 2.12. The molecule has 0 unspecified atom stereocenters. The zero-order valence-corrected chi connectivity index (χ0v) is 9.57. The molecule has 0 aromatic heterocycles. The van der Waals surface area contributed by atoms with Crippen molar-refractivity contribution in [2.24, 2.45) is 15.1 Å². The maximum atomic E-state index is 4.36.